The Morgan fingerprint density at radius 2 is 1.06 bits per heavy atom. The highest BCUT2D eigenvalue weighted by Gasteiger charge is 2.48. The van der Waals surface area contributed by atoms with E-state index in [9.17, 15) is 0 Å². The van der Waals surface area contributed by atoms with Gasteiger partial charge in [0, 0.05) is 47.9 Å². The van der Waals surface area contributed by atoms with Crippen LogP contribution in [0.15, 0.2) is 192 Å². The summed E-state index contributed by atoms with van der Waals surface area (Å²) in [5.74, 6) is 0. The van der Waals surface area contributed by atoms with Gasteiger partial charge in [0.05, 0.1) is 11.1 Å². The average Bonchev–Trinajstić information content (AvgIpc) is 3.88. The maximum atomic E-state index is 7.02. The first-order valence-electron chi connectivity index (χ1n) is 17.8. The van der Waals surface area contributed by atoms with E-state index in [-0.39, 0.29) is 0 Å². The van der Waals surface area contributed by atoms with Gasteiger partial charge in [-0.15, -0.1) is 11.3 Å². The molecule has 0 bridgehead atoms. The summed E-state index contributed by atoms with van der Waals surface area (Å²) in [4.78, 5) is 2.46. The molecule has 0 fully saturated rings. The Labute approximate surface area is 305 Å². The molecule has 2 aromatic heterocycles. The Morgan fingerprint density at radius 1 is 0.442 bits per heavy atom. The van der Waals surface area contributed by atoms with Crippen LogP contribution in [0.25, 0.3) is 53.2 Å². The van der Waals surface area contributed by atoms with E-state index in [2.05, 4.69) is 193 Å². The van der Waals surface area contributed by atoms with Crippen LogP contribution in [0.3, 0.4) is 0 Å². The number of hydrogen-bond donors (Lipinski definition) is 0. The van der Waals surface area contributed by atoms with Gasteiger partial charge in [0.1, 0.15) is 11.2 Å². The normalized spacial score (nSPS) is 13.2. The quantitative estimate of drug-likeness (QED) is 0.180. The highest BCUT2D eigenvalue weighted by atomic mass is 32.1. The van der Waals surface area contributed by atoms with E-state index in [1.165, 1.54) is 48.0 Å². The summed E-state index contributed by atoms with van der Waals surface area (Å²) in [5.41, 5.74) is 11.9. The summed E-state index contributed by atoms with van der Waals surface area (Å²) in [5, 5.41) is 4.74. The van der Waals surface area contributed by atoms with Crippen molar-refractivity contribution in [2.75, 3.05) is 4.90 Å². The third kappa shape index (κ3) is 4.06. The van der Waals surface area contributed by atoms with Gasteiger partial charge in [0.2, 0.25) is 0 Å². The SMILES string of the molecule is c1ccc(N(c2cc(C3(c4ccccc4)c4ccccc4-c4ccccc43)c3oc4ccccc4c3c2)c2cccc3sc4ccccc4c23)cc1. The molecule has 0 aliphatic heterocycles. The number of benzene rings is 8. The molecule has 0 spiro atoms. The highest BCUT2D eigenvalue weighted by Crippen LogP contribution is 2.59. The Kier molecular flexibility index (Phi) is 6.37. The molecule has 0 radical (unpaired) electrons. The van der Waals surface area contributed by atoms with Crippen molar-refractivity contribution in [3.63, 3.8) is 0 Å². The molecule has 3 heteroatoms. The fraction of sp³-hybridized carbons (Fsp3) is 0.0204. The van der Waals surface area contributed by atoms with Crippen LogP contribution in [0.2, 0.25) is 0 Å². The second-order valence-corrected chi connectivity index (χ2v) is 14.7. The lowest BCUT2D eigenvalue weighted by Gasteiger charge is -2.35. The predicted octanol–water partition coefficient (Wildman–Crippen LogP) is 13.8. The van der Waals surface area contributed by atoms with Gasteiger partial charge in [-0.25, -0.2) is 0 Å². The molecule has 0 N–H and O–H groups in total. The zero-order chi connectivity index (χ0) is 34.2. The van der Waals surface area contributed by atoms with Gasteiger partial charge >= 0.3 is 0 Å². The number of rotatable bonds is 5. The van der Waals surface area contributed by atoms with Crippen LogP contribution in [0.4, 0.5) is 17.1 Å². The van der Waals surface area contributed by atoms with E-state index < -0.39 is 5.41 Å². The fourth-order valence-electron chi connectivity index (χ4n) is 8.85. The summed E-state index contributed by atoms with van der Waals surface area (Å²) in [6, 6.07) is 68.4. The van der Waals surface area contributed by atoms with Crippen LogP contribution in [0.5, 0.6) is 0 Å². The fourth-order valence-corrected chi connectivity index (χ4v) is 9.97. The molecule has 0 saturated heterocycles. The molecule has 2 heterocycles. The molecule has 2 nitrogen and oxygen atoms in total. The Bertz CT molecular complexity index is 2930. The van der Waals surface area contributed by atoms with Crippen molar-refractivity contribution in [1.82, 2.24) is 0 Å². The van der Waals surface area contributed by atoms with Crippen LogP contribution >= 0.6 is 11.3 Å². The van der Waals surface area contributed by atoms with Gasteiger partial charge in [-0.2, -0.15) is 0 Å². The lowest BCUT2D eigenvalue weighted by atomic mass is 9.67. The molecular formula is C49H31NOS. The third-order valence-corrected chi connectivity index (χ3v) is 12.1. The second kappa shape index (κ2) is 11.3. The molecule has 1 aliphatic rings. The van der Waals surface area contributed by atoms with Crippen LogP contribution < -0.4 is 4.90 Å². The number of furan rings is 1. The van der Waals surface area contributed by atoms with Gasteiger partial charge in [0.15, 0.2) is 0 Å². The van der Waals surface area contributed by atoms with Gasteiger partial charge in [-0.3, -0.25) is 0 Å². The maximum Gasteiger partial charge on any atom is 0.140 e. The standard InChI is InChI=1S/C49H31NOS/c1-3-16-32(17-4-1)49(40-24-11-7-20-35(40)36-21-8-12-25-41(36)49)42-31-34(30-39-37-22-9-13-27-44(37)51-48(39)42)50(33-18-5-2-6-19-33)43-26-15-29-46-47(43)38-23-10-14-28-45(38)52-46/h1-31H. The first kappa shape index (κ1) is 29.3. The van der Waals surface area contributed by atoms with Crippen LogP contribution in [0, 0.1) is 0 Å². The van der Waals surface area contributed by atoms with Crippen molar-refractivity contribution in [2.45, 2.75) is 5.41 Å². The van der Waals surface area contributed by atoms with Crippen molar-refractivity contribution in [3.8, 4) is 11.1 Å². The minimum atomic E-state index is -0.639. The van der Waals surface area contributed by atoms with Gasteiger partial charge in [0.25, 0.3) is 0 Å². The van der Waals surface area contributed by atoms with E-state index in [1.807, 2.05) is 11.3 Å². The molecular weight excluding hydrogens is 651 g/mol. The summed E-state index contributed by atoms with van der Waals surface area (Å²) in [7, 11) is 0. The number of fused-ring (bicyclic) bond motifs is 9. The molecule has 8 aromatic carbocycles. The summed E-state index contributed by atoms with van der Waals surface area (Å²) < 4.78 is 9.58. The number of para-hydroxylation sites is 2. The lowest BCUT2D eigenvalue weighted by Crippen LogP contribution is -2.29. The largest absolute Gasteiger partial charge is 0.456 e. The van der Waals surface area contributed by atoms with Gasteiger partial charge < -0.3 is 9.32 Å². The van der Waals surface area contributed by atoms with Crippen molar-refractivity contribution < 1.29 is 4.42 Å². The summed E-state index contributed by atoms with van der Waals surface area (Å²) >= 11 is 1.85. The van der Waals surface area contributed by atoms with Crippen molar-refractivity contribution in [2.24, 2.45) is 0 Å². The molecule has 0 saturated carbocycles. The zero-order valence-corrected chi connectivity index (χ0v) is 29.0. The molecule has 52 heavy (non-hydrogen) atoms. The third-order valence-electron chi connectivity index (χ3n) is 10.9. The smallest absolute Gasteiger partial charge is 0.140 e. The molecule has 10 aromatic rings. The maximum absolute atomic E-state index is 7.02. The minimum Gasteiger partial charge on any atom is -0.456 e. The number of anilines is 3. The molecule has 1 aliphatic carbocycles. The van der Waals surface area contributed by atoms with E-state index >= 15 is 0 Å². The average molecular weight is 682 g/mol. The van der Waals surface area contributed by atoms with Crippen molar-refractivity contribution in [3.05, 3.63) is 210 Å². The van der Waals surface area contributed by atoms with Crippen LogP contribution in [-0.2, 0) is 5.41 Å². The number of hydrogen-bond acceptors (Lipinski definition) is 3. The van der Waals surface area contributed by atoms with Gasteiger partial charge in [-0.05, 0) is 76.3 Å². The Morgan fingerprint density at radius 3 is 1.83 bits per heavy atom. The highest BCUT2D eigenvalue weighted by molar-refractivity contribution is 7.26. The first-order chi connectivity index (χ1) is 25.8. The van der Waals surface area contributed by atoms with Crippen LogP contribution in [-0.4, -0.2) is 0 Å². The molecule has 11 rings (SSSR count). The van der Waals surface area contributed by atoms with E-state index in [4.69, 9.17) is 4.42 Å². The second-order valence-electron chi connectivity index (χ2n) is 13.6. The molecule has 0 atom stereocenters. The Balaban J connectivity index is 1.32. The lowest BCUT2D eigenvalue weighted by molar-refractivity contribution is 0.648. The monoisotopic (exact) mass is 681 g/mol. The summed E-state index contributed by atoms with van der Waals surface area (Å²) in [6.45, 7) is 0. The molecule has 244 valence electrons. The van der Waals surface area contributed by atoms with Crippen molar-refractivity contribution >= 4 is 70.5 Å². The molecule has 0 amide bonds. The zero-order valence-electron chi connectivity index (χ0n) is 28.2. The van der Waals surface area contributed by atoms with Crippen LogP contribution in [0.1, 0.15) is 22.3 Å². The van der Waals surface area contributed by atoms with E-state index in [0.717, 1.165) is 44.6 Å². The first-order valence-corrected chi connectivity index (χ1v) is 18.6. The van der Waals surface area contributed by atoms with Gasteiger partial charge in [-0.1, -0.05) is 140 Å². The number of nitrogens with zero attached hydrogens (tertiary/aromatic N) is 1. The summed E-state index contributed by atoms with van der Waals surface area (Å²) in [6.07, 6.45) is 0. The van der Waals surface area contributed by atoms with E-state index in [0.29, 0.717) is 0 Å². The number of thiophene rings is 1. The van der Waals surface area contributed by atoms with E-state index in [1.54, 1.807) is 0 Å². The van der Waals surface area contributed by atoms with Crippen molar-refractivity contribution in [1.29, 1.82) is 0 Å². The predicted molar refractivity (Wildman–Crippen MR) is 219 cm³/mol. The molecule has 0 unspecified atom stereocenters. The minimum absolute atomic E-state index is 0.639. The topological polar surface area (TPSA) is 16.4 Å². The Hall–Kier alpha value is -6.42.